The van der Waals surface area contributed by atoms with Gasteiger partial charge in [-0.15, -0.1) is 0 Å². The zero-order chi connectivity index (χ0) is 13.8. The van der Waals surface area contributed by atoms with E-state index in [1.165, 1.54) is 19.2 Å². The van der Waals surface area contributed by atoms with E-state index in [2.05, 4.69) is 5.32 Å². The molecule has 0 heterocycles. The molecule has 0 amide bonds. The predicted octanol–water partition coefficient (Wildman–Crippen LogP) is 3.17. The lowest BCUT2D eigenvalue weighted by Crippen LogP contribution is -1.99. The molecule has 0 radical (unpaired) electrons. The van der Waals surface area contributed by atoms with Crippen LogP contribution in [0.3, 0.4) is 0 Å². The lowest BCUT2D eigenvalue weighted by molar-refractivity contribution is 0.387. The number of anilines is 3. The van der Waals surface area contributed by atoms with Crippen LogP contribution >= 0.6 is 0 Å². The molecule has 2 rings (SSSR count). The fourth-order valence-corrected chi connectivity index (χ4v) is 1.66. The molecule has 0 bridgehead atoms. The molecule has 2 aromatic rings. The van der Waals surface area contributed by atoms with Crippen LogP contribution in [-0.4, -0.2) is 14.2 Å². The van der Waals surface area contributed by atoms with Crippen LogP contribution < -0.4 is 20.5 Å². The largest absolute Gasteiger partial charge is 0.497 e. The first-order valence-electron chi connectivity index (χ1n) is 5.68. The average Bonchev–Trinajstić information content (AvgIpc) is 2.42. The van der Waals surface area contributed by atoms with Gasteiger partial charge in [-0.05, 0) is 24.3 Å². The second-order valence-corrected chi connectivity index (χ2v) is 3.93. The molecular formula is C14H15FN2O2. The third kappa shape index (κ3) is 2.88. The maximum Gasteiger partial charge on any atom is 0.167 e. The standard InChI is InChI=1S/C14H15FN2O2/c1-18-10-5-3-9(4-6-10)17-13-8-14(19-2)11(15)7-12(13)16/h3-8,17H,16H2,1-2H3. The van der Waals surface area contributed by atoms with Crippen molar-refractivity contribution in [2.45, 2.75) is 0 Å². The number of hydrogen-bond acceptors (Lipinski definition) is 4. The maximum atomic E-state index is 13.4. The number of rotatable bonds is 4. The Kier molecular flexibility index (Phi) is 3.75. The molecule has 0 atom stereocenters. The number of methoxy groups -OCH3 is 2. The summed E-state index contributed by atoms with van der Waals surface area (Å²) in [4.78, 5) is 0. The third-order valence-corrected chi connectivity index (χ3v) is 2.69. The normalized spacial score (nSPS) is 10.1. The minimum absolute atomic E-state index is 0.144. The Morgan fingerprint density at radius 2 is 1.74 bits per heavy atom. The van der Waals surface area contributed by atoms with Crippen molar-refractivity contribution in [1.29, 1.82) is 0 Å². The highest BCUT2D eigenvalue weighted by Gasteiger charge is 2.08. The lowest BCUT2D eigenvalue weighted by Gasteiger charge is -2.12. The molecule has 2 aromatic carbocycles. The predicted molar refractivity (Wildman–Crippen MR) is 73.6 cm³/mol. The number of nitrogens with two attached hydrogens (primary N) is 1. The summed E-state index contributed by atoms with van der Waals surface area (Å²) in [6, 6.07) is 10.1. The number of nitrogen functional groups attached to an aromatic ring is 1. The quantitative estimate of drug-likeness (QED) is 0.831. The van der Waals surface area contributed by atoms with Gasteiger partial charge >= 0.3 is 0 Å². The first-order chi connectivity index (χ1) is 9.13. The van der Waals surface area contributed by atoms with Gasteiger partial charge in [0, 0.05) is 17.8 Å². The van der Waals surface area contributed by atoms with Crippen molar-refractivity contribution in [2.24, 2.45) is 0 Å². The van der Waals surface area contributed by atoms with Crippen LogP contribution in [0.1, 0.15) is 0 Å². The van der Waals surface area contributed by atoms with Gasteiger partial charge in [-0.3, -0.25) is 0 Å². The number of halogens is 1. The lowest BCUT2D eigenvalue weighted by atomic mass is 10.2. The highest BCUT2D eigenvalue weighted by Crippen LogP contribution is 2.30. The molecule has 0 saturated heterocycles. The molecule has 19 heavy (non-hydrogen) atoms. The summed E-state index contributed by atoms with van der Waals surface area (Å²) in [5.74, 6) is 0.417. The van der Waals surface area contributed by atoms with E-state index in [9.17, 15) is 4.39 Å². The number of hydrogen-bond donors (Lipinski definition) is 2. The third-order valence-electron chi connectivity index (χ3n) is 2.69. The van der Waals surface area contributed by atoms with Crippen LogP contribution in [0.2, 0.25) is 0 Å². The minimum Gasteiger partial charge on any atom is -0.497 e. The Morgan fingerprint density at radius 1 is 1.05 bits per heavy atom. The second kappa shape index (κ2) is 5.48. The van der Waals surface area contributed by atoms with Gasteiger partial charge in [-0.2, -0.15) is 0 Å². The summed E-state index contributed by atoms with van der Waals surface area (Å²) in [6.07, 6.45) is 0. The van der Waals surface area contributed by atoms with E-state index in [0.717, 1.165) is 11.4 Å². The van der Waals surface area contributed by atoms with Crippen LogP contribution in [-0.2, 0) is 0 Å². The fraction of sp³-hybridized carbons (Fsp3) is 0.143. The smallest absolute Gasteiger partial charge is 0.167 e. The molecule has 3 N–H and O–H groups in total. The summed E-state index contributed by atoms with van der Waals surface area (Å²) < 4.78 is 23.4. The van der Waals surface area contributed by atoms with Gasteiger partial charge < -0.3 is 20.5 Å². The Bertz CT molecular complexity index is 570. The molecule has 0 saturated carbocycles. The summed E-state index contributed by atoms with van der Waals surface area (Å²) in [5, 5.41) is 3.10. The summed E-state index contributed by atoms with van der Waals surface area (Å²) in [6.45, 7) is 0. The van der Waals surface area contributed by atoms with E-state index in [0.29, 0.717) is 11.4 Å². The number of ether oxygens (including phenoxy) is 2. The summed E-state index contributed by atoms with van der Waals surface area (Å²) >= 11 is 0. The maximum absolute atomic E-state index is 13.4. The number of nitrogens with one attached hydrogen (secondary N) is 1. The van der Waals surface area contributed by atoms with Gasteiger partial charge in [0.05, 0.1) is 25.6 Å². The van der Waals surface area contributed by atoms with Crippen molar-refractivity contribution >= 4 is 17.1 Å². The van der Waals surface area contributed by atoms with Crippen LogP contribution in [0.25, 0.3) is 0 Å². The van der Waals surface area contributed by atoms with Gasteiger partial charge in [-0.1, -0.05) is 0 Å². The van der Waals surface area contributed by atoms with Gasteiger partial charge in [0.2, 0.25) is 0 Å². The summed E-state index contributed by atoms with van der Waals surface area (Å²) in [7, 11) is 3.01. The monoisotopic (exact) mass is 262 g/mol. The SMILES string of the molecule is COc1ccc(Nc2cc(OC)c(F)cc2N)cc1. The van der Waals surface area contributed by atoms with Crippen LogP contribution in [0.15, 0.2) is 36.4 Å². The van der Waals surface area contributed by atoms with Crippen LogP contribution in [0, 0.1) is 5.82 Å². The molecular weight excluding hydrogens is 247 g/mol. The van der Waals surface area contributed by atoms with E-state index in [1.807, 2.05) is 24.3 Å². The zero-order valence-corrected chi connectivity index (χ0v) is 10.7. The molecule has 0 aliphatic heterocycles. The second-order valence-electron chi connectivity index (χ2n) is 3.93. The molecule has 0 spiro atoms. The topological polar surface area (TPSA) is 56.5 Å². The van der Waals surface area contributed by atoms with E-state index < -0.39 is 5.82 Å². The average molecular weight is 262 g/mol. The van der Waals surface area contributed by atoms with E-state index >= 15 is 0 Å². The summed E-state index contributed by atoms with van der Waals surface area (Å²) in [5.41, 5.74) is 7.49. The Labute approximate surface area is 111 Å². The van der Waals surface area contributed by atoms with Crippen molar-refractivity contribution in [1.82, 2.24) is 0 Å². The molecule has 0 aliphatic rings. The van der Waals surface area contributed by atoms with Gasteiger partial charge in [-0.25, -0.2) is 4.39 Å². The Hall–Kier alpha value is -2.43. The minimum atomic E-state index is -0.486. The molecule has 0 fully saturated rings. The Balaban J connectivity index is 2.26. The van der Waals surface area contributed by atoms with Crippen molar-refractivity contribution in [2.75, 3.05) is 25.3 Å². The molecule has 100 valence electrons. The van der Waals surface area contributed by atoms with Gasteiger partial charge in [0.15, 0.2) is 11.6 Å². The van der Waals surface area contributed by atoms with Crippen LogP contribution in [0.5, 0.6) is 11.5 Å². The molecule has 0 aliphatic carbocycles. The van der Waals surface area contributed by atoms with Crippen molar-refractivity contribution in [3.63, 3.8) is 0 Å². The molecule has 0 unspecified atom stereocenters. The highest BCUT2D eigenvalue weighted by molar-refractivity contribution is 5.74. The first-order valence-corrected chi connectivity index (χ1v) is 5.68. The Morgan fingerprint density at radius 3 is 2.32 bits per heavy atom. The van der Waals surface area contributed by atoms with Gasteiger partial charge in [0.1, 0.15) is 5.75 Å². The van der Waals surface area contributed by atoms with E-state index in [1.54, 1.807) is 7.11 Å². The van der Waals surface area contributed by atoms with E-state index in [4.69, 9.17) is 15.2 Å². The van der Waals surface area contributed by atoms with Crippen LogP contribution in [0.4, 0.5) is 21.5 Å². The van der Waals surface area contributed by atoms with E-state index in [-0.39, 0.29) is 5.75 Å². The molecule has 4 nitrogen and oxygen atoms in total. The van der Waals surface area contributed by atoms with Crippen molar-refractivity contribution < 1.29 is 13.9 Å². The molecule has 5 heteroatoms. The van der Waals surface area contributed by atoms with Crippen molar-refractivity contribution in [3.05, 3.63) is 42.2 Å². The fourth-order valence-electron chi connectivity index (χ4n) is 1.66. The molecule has 0 aromatic heterocycles. The number of benzene rings is 2. The van der Waals surface area contributed by atoms with Gasteiger partial charge in [0.25, 0.3) is 0 Å². The van der Waals surface area contributed by atoms with Crippen molar-refractivity contribution in [3.8, 4) is 11.5 Å². The zero-order valence-electron chi connectivity index (χ0n) is 10.7. The first kappa shape index (κ1) is 13.0. The highest BCUT2D eigenvalue weighted by atomic mass is 19.1.